The second-order valence-corrected chi connectivity index (χ2v) is 10.8. The number of hydrogen-bond acceptors (Lipinski definition) is 7. The number of carboxylic acids is 1. The van der Waals surface area contributed by atoms with E-state index in [0.717, 1.165) is 16.5 Å². The van der Waals surface area contributed by atoms with Gasteiger partial charge in [-0.1, -0.05) is 30.3 Å². The third-order valence-electron chi connectivity index (χ3n) is 6.46. The van der Waals surface area contributed by atoms with Crippen molar-refractivity contribution in [2.75, 3.05) is 31.1 Å². The fourth-order valence-corrected chi connectivity index (χ4v) is 5.34. The number of rotatable bonds is 10. The third-order valence-corrected chi connectivity index (χ3v) is 7.86. The molecule has 11 nitrogen and oxygen atoms in total. The van der Waals surface area contributed by atoms with Gasteiger partial charge in [-0.15, -0.1) is 0 Å². The summed E-state index contributed by atoms with van der Waals surface area (Å²) in [6.45, 7) is 0.388. The maximum absolute atomic E-state index is 12.6. The van der Waals surface area contributed by atoms with Crippen LogP contribution in [0, 0.1) is 5.92 Å². The fraction of sp³-hybridized carbons (Fsp3) is 0.308. The average Bonchev–Trinajstić information content (AvgIpc) is 2.94. The minimum Gasteiger partial charge on any atom is -0.480 e. The Morgan fingerprint density at radius 2 is 1.68 bits per heavy atom. The largest absolute Gasteiger partial charge is 0.480 e. The Kier molecular flexibility index (Phi) is 8.54. The Morgan fingerprint density at radius 1 is 1.00 bits per heavy atom. The van der Waals surface area contributed by atoms with Crippen molar-refractivity contribution in [3.05, 3.63) is 67.0 Å². The average molecular weight is 540 g/mol. The standard InChI is InChI=1S/C26H29N5O6S/c32-24(17-29-38(36,37)22-6-5-18-3-1-2-4-20(18)15-22)30-23(26(34)35)16-28-25(33)19-9-13-31(14-10-19)21-7-11-27-12-8-21/h1-8,11-12,15,19,23,29H,9-10,13-14,16-17H2,(H,28,33)(H,30,32)(H,34,35). The number of piperidine rings is 1. The zero-order valence-electron chi connectivity index (χ0n) is 20.5. The van der Waals surface area contributed by atoms with Gasteiger partial charge in [-0.05, 0) is 47.9 Å². The molecule has 2 amide bonds. The molecule has 1 saturated heterocycles. The van der Waals surface area contributed by atoms with E-state index < -0.39 is 34.5 Å². The molecule has 1 aromatic heterocycles. The molecule has 0 saturated carbocycles. The molecule has 1 fully saturated rings. The molecule has 1 aliphatic rings. The minimum absolute atomic E-state index is 0.0129. The summed E-state index contributed by atoms with van der Waals surface area (Å²) in [6, 6.07) is 14.2. The summed E-state index contributed by atoms with van der Waals surface area (Å²) in [5, 5.41) is 16.0. The first-order valence-electron chi connectivity index (χ1n) is 12.2. The minimum atomic E-state index is -4.00. The van der Waals surface area contributed by atoms with E-state index in [2.05, 4.69) is 25.2 Å². The summed E-state index contributed by atoms with van der Waals surface area (Å²) < 4.78 is 27.5. The Balaban J connectivity index is 1.25. The van der Waals surface area contributed by atoms with E-state index in [4.69, 9.17) is 0 Å². The molecule has 12 heteroatoms. The smallest absolute Gasteiger partial charge is 0.328 e. The second kappa shape index (κ2) is 12.0. The van der Waals surface area contributed by atoms with Crippen LogP contribution in [0.3, 0.4) is 0 Å². The second-order valence-electron chi connectivity index (χ2n) is 9.00. The fourth-order valence-electron chi connectivity index (χ4n) is 4.33. The molecule has 0 spiro atoms. The Hall–Kier alpha value is -4.03. The van der Waals surface area contributed by atoms with Crippen LogP contribution in [-0.4, -0.2) is 68.5 Å². The van der Waals surface area contributed by atoms with Crippen LogP contribution in [0.5, 0.6) is 0 Å². The highest BCUT2D eigenvalue weighted by Crippen LogP contribution is 2.23. The first-order chi connectivity index (χ1) is 18.2. The van der Waals surface area contributed by atoms with E-state index >= 15 is 0 Å². The predicted octanol–water partition coefficient (Wildman–Crippen LogP) is 1.12. The van der Waals surface area contributed by atoms with Gasteiger partial charge >= 0.3 is 5.97 Å². The number of carboxylic acid groups (broad SMARTS) is 1. The number of hydrogen-bond donors (Lipinski definition) is 4. The molecular formula is C26H29N5O6S. The Bertz CT molecular complexity index is 1410. The van der Waals surface area contributed by atoms with Crippen LogP contribution >= 0.6 is 0 Å². The predicted molar refractivity (Wildman–Crippen MR) is 141 cm³/mol. The lowest BCUT2D eigenvalue weighted by atomic mass is 9.95. The topological polar surface area (TPSA) is 158 Å². The van der Waals surface area contributed by atoms with Crippen molar-refractivity contribution in [3.63, 3.8) is 0 Å². The molecule has 3 aromatic rings. The van der Waals surface area contributed by atoms with E-state index in [1.807, 2.05) is 24.3 Å². The van der Waals surface area contributed by atoms with E-state index in [-0.39, 0.29) is 23.3 Å². The molecule has 4 rings (SSSR count). The molecule has 1 atom stereocenters. The van der Waals surface area contributed by atoms with Crippen LogP contribution < -0.4 is 20.3 Å². The van der Waals surface area contributed by atoms with Crippen molar-refractivity contribution < 1.29 is 27.9 Å². The molecular weight excluding hydrogens is 510 g/mol. The van der Waals surface area contributed by atoms with Crippen LogP contribution in [-0.2, 0) is 24.4 Å². The van der Waals surface area contributed by atoms with Gasteiger partial charge in [-0.3, -0.25) is 14.6 Å². The highest BCUT2D eigenvalue weighted by molar-refractivity contribution is 7.89. The molecule has 1 aliphatic heterocycles. The monoisotopic (exact) mass is 539 g/mol. The van der Waals surface area contributed by atoms with Gasteiger partial charge in [-0.2, -0.15) is 0 Å². The van der Waals surface area contributed by atoms with Gasteiger partial charge in [0.05, 0.1) is 11.4 Å². The molecule has 2 aromatic carbocycles. The summed E-state index contributed by atoms with van der Waals surface area (Å²) in [7, 11) is -4.00. The SMILES string of the molecule is O=C(CNS(=O)(=O)c1ccc2ccccc2c1)NC(CNC(=O)C1CCN(c2ccncc2)CC1)C(=O)O. The number of aromatic nitrogens is 1. The number of fused-ring (bicyclic) bond motifs is 1. The van der Waals surface area contributed by atoms with E-state index in [1.54, 1.807) is 30.6 Å². The zero-order chi connectivity index (χ0) is 27.1. The van der Waals surface area contributed by atoms with Gasteiger partial charge in [0.15, 0.2) is 0 Å². The first kappa shape index (κ1) is 27.0. The quantitative estimate of drug-likeness (QED) is 0.298. The van der Waals surface area contributed by atoms with Crippen LogP contribution in [0.15, 0.2) is 71.9 Å². The number of nitrogens with zero attached hydrogens (tertiary/aromatic N) is 2. The summed E-state index contributed by atoms with van der Waals surface area (Å²) in [4.78, 5) is 42.8. The first-order valence-corrected chi connectivity index (χ1v) is 13.6. The maximum atomic E-state index is 12.6. The molecule has 2 heterocycles. The van der Waals surface area contributed by atoms with Crippen LogP contribution in [0.2, 0.25) is 0 Å². The number of pyridine rings is 1. The molecule has 0 bridgehead atoms. The Morgan fingerprint density at radius 3 is 2.37 bits per heavy atom. The number of carbonyl (C=O) groups is 3. The summed E-state index contributed by atoms with van der Waals surface area (Å²) in [5.74, 6) is -2.73. The summed E-state index contributed by atoms with van der Waals surface area (Å²) in [6.07, 6.45) is 4.63. The van der Waals surface area contributed by atoms with Crippen molar-refractivity contribution in [3.8, 4) is 0 Å². The number of sulfonamides is 1. The number of benzene rings is 2. The number of amides is 2. The molecule has 0 aliphatic carbocycles. The zero-order valence-corrected chi connectivity index (χ0v) is 21.4. The lowest BCUT2D eigenvalue weighted by Gasteiger charge is -2.33. The van der Waals surface area contributed by atoms with Gasteiger partial charge in [0.25, 0.3) is 0 Å². The summed E-state index contributed by atoms with van der Waals surface area (Å²) in [5.41, 5.74) is 1.03. The van der Waals surface area contributed by atoms with Crippen LogP contribution in [0.1, 0.15) is 12.8 Å². The highest BCUT2D eigenvalue weighted by Gasteiger charge is 2.27. The van der Waals surface area contributed by atoms with Gasteiger partial charge in [0, 0.05) is 43.6 Å². The van der Waals surface area contributed by atoms with Crippen molar-refractivity contribution in [2.45, 2.75) is 23.8 Å². The van der Waals surface area contributed by atoms with Gasteiger partial charge in [0.1, 0.15) is 6.04 Å². The molecule has 1 unspecified atom stereocenters. The number of nitrogens with one attached hydrogen (secondary N) is 3. The summed E-state index contributed by atoms with van der Waals surface area (Å²) >= 11 is 0. The molecule has 38 heavy (non-hydrogen) atoms. The maximum Gasteiger partial charge on any atom is 0.328 e. The lowest BCUT2D eigenvalue weighted by molar-refractivity contribution is -0.141. The van der Waals surface area contributed by atoms with Crippen LogP contribution in [0.25, 0.3) is 10.8 Å². The molecule has 4 N–H and O–H groups in total. The van der Waals surface area contributed by atoms with Crippen molar-refractivity contribution in [2.24, 2.45) is 5.92 Å². The van der Waals surface area contributed by atoms with Crippen LogP contribution in [0.4, 0.5) is 5.69 Å². The van der Waals surface area contributed by atoms with E-state index in [9.17, 15) is 27.9 Å². The third kappa shape index (κ3) is 6.84. The van der Waals surface area contributed by atoms with Crippen molar-refractivity contribution in [1.29, 1.82) is 0 Å². The van der Waals surface area contributed by atoms with Gasteiger partial charge < -0.3 is 20.6 Å². The molecule has 200 valence electrons. The van der Waals surface area contributed by atoms with Crippen molar-refractivity contribution >= 4 is 44.3 Å². The highest BCUT2D eigenvalue weighted by atomic mass is 32.2. The number of carbonyl (C=O) groups excluding carboxylic acids is 2. The molecule has 0 radical (unpaired) electrons. The van der Waals surface area contributed by atoms with E-state index in [0.29, 0.717) is 25.9 Å². The lowest BCUT2D eigenvalue weighted by Crippen LogP contribution is -2.52. The number of aliphatic carboxylic acids is 1. The van der Waals surface area contributed by atoms with E-state index in [1.165, 1.54) is 12.1 Å². The van der Waals surface area contributed by atoms with Gasteiger partial charge in [0.2, 0.25) is 21.8 Å². The number of anilines is 1. The van der Waals surface area contributed by atoms with Crippen molar-refractivity contribution in [1.82, 2.24) is 20.3 Å². The Labute approximate surface area is 220 Å². The van der Waals surface area contributed by atoms with Gasteiger partial charge in [-0.25, -0.2) is 17.9 Å². The normalized spacial score (nSPS) is 15.1.